The van der Waals surface area contributed by atoms with E-state index in [0.29, 0.717) is 11.8 Å². The lowest BCUT2D eigenvalue weighted by molar-refractivity contribution is -0.113. The van der Waals surface area contributed by atoms with Crippen LogP contribution < -0.4 is 10.2 Å². The summed E-state index contributed by atoms with van der Waals surface area (Å²) in [6, 6.07) is 6.53. The SMILES string of the molecule is Cc1cc(I)ccc1NC(=O)CSc1nnc(N2CCCC2)n1C1CC1. The molecule has 2 fully saturated rings. The molecule has 4 rings (SSSR count). The van der Waals surface area contributed by atoms with Crippen LogP contribution >= 0.6 is 34.4 Å². The number of carbonyl (C=O) groups excluding carboxylic acids is 1. The number of halogens is 1. The van der Waals surface area contributed by atoms with Gasteiger partial charge in [0.15, 0.2) is 5.16 Å². The highest BCUT2D eigenvalue weighted by Crippen LogP contribution is 2.41. The fraction of sp³-hybridized carbons (Fsp3) is 0.500. The Kier molecular flexibility index (Phi) is 5.40. The Labute approximate surface area is 171 Å². The molecule has 8 heteroatoms. The van der Waals surface area contributed by atoms with Crippen molar-refractivity contribution in [2.45, 2.75) is 43.8 Å². The second kappa shape index (κ2) is 7.75. The monoisotopic (exact) mass is 483 g/mol. The number of nitrogens with one attached hydrogen (secondary N) is 1. The lowest BCUT2D eigenvalue weighted by Crippen LogP contribution is -2.22. The van der Waals surface area contributed by atoms with Crippen molar-refractivity contribution in [2.75, 3.05) is 29.1 Å². The average molecular weight is 483 g/mol. The predicted octanol–water partition coefficient (Wildman–Crippen LogP) is 3.86. The van der Waals surface area contributed by atoms with Gasteiger partial charge in [0.25, 0.3) is 0 Å². The molecule has 2 aliphatic rings. The quantitative estimate of drug-likeness (QED) is 0.500. The lowest BCUT2D eigenvalue weighted by atomic mass is 10.2. The van der Waals surface area contributed by atoms with Crippen molar-refractivity contribution in [3.05, 3.63) is 27.3 Å². The van der Waals surface area contributed by atoms with Gasteiger partial charge in [-0.2, -0.15) is 0 Å². The van der Waals surface area contributed by atoms with Crippen LogP contribution in [0.3, 0.4) is 0 Å². The first kappa shape index (κ1) is 18.1. The molecule has 1 aromatic carbocycles. The van der Waals surface area contributed by atoms with Crippen LogP contribution in [-0.4, -0.2) is 39.5 Å². The van der Waals surface area contributed by atoms with Crippen molar-refractivity contribution in [1.82, 2.24) is 14.8 Å². The van der Waals surface area contributed by atoms with E-state index >= 15 is 0 Å². The number of aryl methyl sites for hydroxylation is 1. The van der Waals surface area contributed by atoms with E-state index in [4.69, 9.17) is 0 Å². The van der Waals surface area contributed by atoms with Gasteiger partial charge >= 0.3 is 0 Å². The summed E-state index contributed by atoms with van der Waals surface area (Å²) in [6.07, 6.45) is 4.80. The topological polar surface area (TPSA) is 63.1 Å². The summed E-state index contributed by atoms with van der Waals surface area (Å²) >= 11 is 3.76. The molecule has 2 aromatic rings. The number of rotatable bonds is 6. The van der Waals surface area contributed by atoms with Crippen LogP contribution in [0.1, 0.15) is 37.3 Å². The van der Waals surface area contributed by atoms with E-state index in [1.807, 2.05) is 19.1 Å². The van der Waals surface area contributed by atoms with Crippen LogP contribution in [0.15, 0.2) is 23.4 Å². The zero-order chi connectivity index (χ0) is 18.1. The maximum absolute atomic E-state index is 12.4. The standard InChI is InChI=1S/C18H22IN5OS/c1-12-10-13(19)4-7-15(12)20-16(25)11-26-18-22-21-17(23-8-2-3-9-23)24(18)14-5-6-14/h4,7,10,14H,2-3,5-6,8-9,11H2,1H3,(H,20,25). The molecule has 1 N–H and O–H groups in total. The first-order valence-electron chi connectivity index (χ1n) is 9.00. The largest absolute Gasteiger partial charge is 0.341 e. The van der Waals surface area contributed by atoms with Crippen LogP contribution in [0.5, 0.6) is 0 Å². The molecule has 1 aromatic heterocycles. The number of aromatic nitrogens is 3. The van der Waals surface area contributed by atoms with Crippen LogP contribution in [0.2, 0.25) is 0 Å². The summed E-state index contributed by atoms with van der Waals surface area (Å²) < 4.78 is 3.42. The number of anilines is 2. The van der Waals surface area contributed by atoms with E-state index in [9.17, 15) is 4.79 Å². The van der Waals surface area contributed by atoms with Gasteiger partial charge < -0.3 is 10.2 Å². The summed E-state index contributed by atoms with van der Waals surface area (Å²) in [5.41, 5.74) is 1.95. The average Bonchev–Trinajstić information content (AvgIpc) is 3.14. The van der Waals surface area contributed by atoms with Gasteiger partial charge in [0.1, 0.15) is 0 Å². The molecule has 0 spiro atoms. The van der Waals surface area contributed by atoms with Crippen LogP contribution in [0.25, 0.3) is 0 Å². The number of thioether (sulfide) groups is 1. The Bertz CT molecular complexity index is 814. The Morgan fingerprint density at radius 3 is 2.77 bits per heavy atom. The Balaban J connectivity index is 1.42. The summed E-state index contributed by atoms with van der Waals surface area (Å²) in [4.78, 5) is 14.7. The third-order valence-corrected chi connectivity index (χ3v) is 6.36. The zero-order valence-electron chi connectivity index (χ0n) is 14.7. The van der Waals surface area contributed by atoms with Crippen LogP contribution in [0.4, 0.5) is 11.6 Å². The molecule has 0 bridgehead atoms. The molecule has 1 saturated heterocycles. The number of carbonyl (C=O) groups is 1. The molecule has 6 nitrogen and oxygen atoms in total. The first-order valence-corrected chi connectivity index (χ1v) is 11.1. The van der Waals surface area contributed by atoms with Gasteiger partial charge in [-0.3, -0.25) is 9.36 Å². The molecule has 0 atom stereocenters. The minimum Gasteiger partial charge on any atom is -0.341 e. The smallest absolute Gasteiger partial charge is 0.234 e. The number of nitrogens with zero attached hydrogens (tertiary/aromatic N) is 4. The van der Waals surface area contributed by atoms with Gasteiger partial charge in [-0.25, -0.2) is 0 Å². The molecule has 1 aliphatic carbocycles. The second-order valence-electron chi connectivity index (χ2n) is 6.87. The minimum absolute atomic E-state index is 0.00706. The van der Waals surface area contributed by atoms with Gasteiger partial charge in [0.2, 0.25) is 11.9 Å². The maximum atomic E-state index is 12.4. The molecule has 1 saturated carbocycles. The minimum atomic E-state index is -0.00706. The third-order valence-electron chi connectivity index (χ3n) is 4.74. The lowest BCUT2D eigenvalue weighted by Gasteiger charge is -2.17. The normalized spacial score (nSPS) is 16.9. The number of amides is 1. The molecule has 2 heterocycles. The van der Waals surface area contributed by atoms with Crippen molar-refractivity contribution >= 4 is 51.9 Å². The number of benzene rings is 1. The fourth-order valence-corrected chi connectivity index (χ4v) is 4.68. The predicted molar refractivity (Wildman–Crippen MR) is 113 cm³/mol. The van der Waals surface area contributed by atoms with E-state index in [2.05, 4.69) is 53.6 Å². The van der Waals surface area contributed by atoms with Crippen molar-refractivity contribution in [3.63, 3.8) is 0 Å². The maximum Gasteiger partial charge on any atom is 0.234 e. The van der Waals surface area contributed by atoms with E-state index in [-0.39, 0.29) is 5.91 Å². The van der Waals surface area contributed by atoms with Crippen molar-refractivity contribution in [1.29, 1.82) is 0 Å². The van der Waals surface area contributed by atoms with E-state index < -0.39 is 0 Å². The molecule has 1 aliphatic heterocycles. The van der Waals surface area contributed by atoms with E-state index in [0.717, 1.165) is 35.4 Å². The highest BCUT2D eigenvalue weighted by molar-refractivity contribution is 14.1. The highest BCUT2D eigenvalue weighted by Gasteiger charge is 2.32. The van der Waals surface area contributed by atoms with Gasteiger partial charge in [-0.05, 0) is 79.0 Å². The molecule has 1 amide bonds. The molecular formula is C18H22IN5OS. The van der Waals surface area contributed by atoms with Crippen LogP contribution in [-0.2, 0) is 4.79 Å². The van der Waals surface area contributed by atoms with Gasteiger partial charge in [-0.15, -0.1) is 10.2 Å². The van der Waals surface area contributed by atoms with Gasteiger partial charge in [-0.1, -0.05) is 11.8 Å². The van der Waals surface area contributed by atoms with Crippen molar-refractivity contribution < 1.29 is 4.79 Å². The van der Waals surface area contributed by atoms with Gasteiger partial charge in [0.05, 0.1) is 5.75 Å². The Hall–Kier alpha value is -1.29. The van der Waals surface area contributed by atoms with Crippen LogP contribution in [0, 0.1) is 10.5 Å². The highest BCUT2D eigenvalue weighted by atomic mass is 127. The van der Waals surface area contributed by atoms with Gasteiger partial charge in [0, 0.05) is 28.4 Å². The Morgan fingerprint density at radius 1 is 1.31 bits per heavy atom. The summed E-state index contributed by atoms with van der Waals surface area (Å²) in [7, 11) is 0. The summed E-state index contributed by atoms with van der Waals surface area (Å²) in [6.45, 7) is 4.13. The van der Waals surface area contributed by atoms with Crippen molar-refractivity contribution in [3.8, 4) is 0 Å². The van der Waals surface area contributed by atoms with E-state index in [1.54, 1.807) is 0 Å². The number of hydrogen-bond acceptors (Lipinski definition) is 5. The third kappa shape index (κ3) is 4.00. The van der Waals surface area contributed by atoms with Crippen molar-refractivity contribution in [2.24, 2.45) is 0 Å². The molecular weight excluding hydrogens is 461 g/mol. The summed E-state index contributed by atoms with van der Waals surface area (Å²) in [5.74, 6) is 1.32. The first-order chi connectivity index (χ1) is 12.6. The zero-order valence-corrected chi connectivity index (χ0v) is 17.7. The second-order valence-corrected chi connectivity index (χ2v) is 9.06. The fourth-order valence-electron chi connectivity index (χ4n) is 3.24. The van der Waals surface area contributed by atoms with E-state index in [1.165, 1.54) is 41.0 Å². The Morgan fingerprint density at radius 2 is 2.08 bits per heavy atom. The molecule has 138 valence electrons. The molecule has 0 unspecified atom stereocenters. The number of hydrogen-bond donors (Lipinski definition) is 1. The summed E-state index contributed by atoms with van der Waals surface area (Å²) in [5, 5.41) is 12.7. The molecule has 0 radical (unpaired) electrons. The molecule has 26 heavy (non-hydrogen) atoms.